The smallest absolute Gasteiger partial charge is 0.166 e. The molecular formula is C20H22O6. The van der Waals surface area contributed by atoms with Crippen LogP contribution in [0.2, 0.25) is 0 Å². The van der Waals surface area contributed by atoms with E-state index in [0.29, 0.717) is 11.1 Å². The lowest BCUT2D eigenvalue weighted by atomic mass is 9.83. The van der Waals surface area contributed by atoms with Gasteiger partial charge in [-0.3, -0.25) is 9.59 Å². The van der Waals surface area contributed by atoms with Crippen LogP contribution in [0.25, 0.3) is 0 Å². The summed E-state index contributed by atoms with van der Waals surface area (Å²) in [6.07, 6.45) is 0. The third-order valence-electron chi connectivity index (χ3n) is 4.51. The van der Waals surface area contributed by atoms with Crippen LogP contribution in [0.15, 0.2) is 36.4 Å². The highest BCUT2D eigenvalue weighted by atomic mass is 16.5. The van der Waals surface area contributed by atoms with Crippen molar-refractivity contribution < 1.29 is 29.3 Å². The van der Waals surface area contributed by atoms with Gasteiger partial charge >= 0.3 is 0 Å². The second kappa shape index (κ2) is 7.91. The first kappa shape index (κ1) is 19.3. The maximum absolute atomic E-state index is 12.7. The number of hydrogen-bond acceptors (Lipinski definition) is 6. The van der Waals surface area contributed by atoms with Crippen LogP contribution >= 0.6 is 0 Å². The Bertz CT molecular complexity index is 758. The van der Waals surface area contributed by atoms with E-state index in [4.69, 9.17) is 9.47 Å². The number of ketones is 2. The van der Waals surface area contributed by atoms with Gasteiger partial charge in [0.05, 0.1) is 14.2 Å². The molecule has 2 atom stereocenters. The molecule has 6 heteroatoms. The normalized spacial score (nSPS) is 12.9. The Morgan fingerprint density at radius 1 is 0.769 bits per heavy atom. The highest BCUT2D eigenvalue weighted by Crippen LogP contribution is 2.31. The van der Waals surface area contributed by atoms with E-state index in [0.717, 1.165) is 0 Å². The lowest BCUT2D eigenvalue weighted by molar-refractivity contribution is 0.0793. The summed E-state index contributed by atoms with van der Waals surface area (Å²) in [6, 6.07) is 8.67. The van der Waals surface area contributed by atoms with Crippen molar-refractivity contribution in [1.29, 1.82) is 0 Å². The van der Waals surface area contributed by atoms with Gasteiger partial charge in [0.2, 0.25) is 0 Å². The van der Waals surface area contributed by atoms with Crippen molar-refractivity contribution in [2.45, 2.75) is 13.8 Å². The Balaban J connectivity index is 2.24. The minimum atomic E-state index is -0.587. The van der Waals surface area contributed by atoms with Gasteiger partial charge in [-0.05, 0) is 36.4 Å². The summed E-state index contributed by atoms with van der Waals surface area (Å²) in [5, 5.41) is 19.3. The van der Waals surface area contributed by atoms with Gasteiger partial charge in [-0.25, -0.2) is 0 Å². The van der Waals surface area contributed by atoms with Crippen LogP contribution < -0.4 is 9.47 Å². The number of carbonyl (C=O) groups is 2. The van der Waals surface area contributed by atoms with E-state index in [-0.39, 0.29) is 34.6 Å². The maximum atomic E-state index is 12.7. The third kappa shape index (κ3) is 3.79. The number of carbonyl (C=O) groups excluding carboxylic acids is 2. The Kier molecular flexibility index (Phi) is 5.87. The molecule has 2 N–H and O–H groups in total. The van der Waals surface area contributed by atoms with Gasteiger partial charge in [0.15, 0.2) is 34.6 Å². The van der Waals surface area contributed by atoms with Crippen molar-refractivity contribution in [2.75, 3.05) is 14.2 Å². The summed E-state index contributed by atoms with van der Waals surface area (Å²) < 4.78 is 10.0. The third-order valence-corrected chi connectivity index (χ3v) is 4.51. The molecule has 0 radical (unpaired) electrons. The van der Waals surface area contributed by atoms with E-state index in [1.165, 1.54) is 50.6 Å². The second-order valence-electron chi connectivity index (χ2n) is 6.08. The average Bonchev–Trinajstić information content (AvgIpc) is 2.66. The number of rotatable bonds is 7. The van der Waals surface area contributed by atoms with Crippen molar-refractivity contribution >= 4 is 11.6 Å². The van der Waals surface area contributed by atoms with Crippen LogP contribution in [0.5, 0.6) is 23.0 Å². The van der Waals surface area contributed by atoms with Crippen molar-refractivity contribution in [1.82, 2.24) is 0 Å². The molecule has 2 rings (SSSR count). The molecule has 0 saturated carbocycles. The van der Waals surface area contributed by atoms with Crippen LogP contribution in [0.1, 0.15) is 34.6 Å². The molecule has 0 heterocycles. The zero-order chi connectivity index (χ0) is 19.4. The molecule has 0 fully saturated rings. The van der Waals surface area contributed by atoms with E-state index in [9.17, 15) is 19.8 Å². The van der Waals surface area contributed by atoms with Crippen LogP contribution in [0.3, 0.4) is 0 Å². The number of phenolic OH excluding ortho intramolecular Hbond substituents is 2. The lowest BCUT2D eigenvalue weighted by Gasteiger charge is -2.19. The van der Waals surface area contributed by atoms with Crippen molar-refractivity contribution in [2.24, 2.45) is 11.8 Å². The molecule has 0 spiro atoms. The number of methoxy groups -OCH3 is 2. The molecule has 0 saturated heterocycles. The van der Waals surface area contributed by atoms with Crippen LogP contribution in [-0.2, 0) is 0 Å². The highest BCUT2D eigenvalue weighted by molar-refractivity contribution is 6.05. The van der Waals surface area contributed by atoms with Crippen LogP contribution in [0, 0.1) is 11.8 Å². The van der Waals surface area contributed by atoms with Gasteiger partial charge in [-0.1, -0.05) is 13.8 Å². The summed E-state index contributed by atoms with van der Waals surface area (Å²) in [4.78, 5) is 25.4. The molecule has 6 nitrogen and oxygen atoms in total. The zero-order valence-corrected chi connectivity index (χ0v) is 15.1. The number of hydrogen-bond donors (Lipinski definition) is 2. The monoisotopic (exact) mass is 358 g/mol. The van der Waals surface area contributed by atoms with E-state index < -0.39 is 11.8 Å². The second-order valence-corrected chi connectivity index (χ2v) is 6.08. The molecule has 0 aromatic heterocycles. The largest absolute Gasteiger partial charge is 0.504 e. The van der Waals surface area contributed by atoms with Crippen LogP contribution in [-0.4, -0.2) is 36.0 Å². The quantitative estimate of drug-likeness (QED) is 0.737. The molecule has 0 aliphatic heterocycles. The van der Waals surface area contributed by atoms with E-state index in [1.54, 1.807) is 13.8 Å². The van der Waals surface area contributed by atoms with Crippen molar-refractivity contribution in [3.05, 3.63) is 47.5 Å². The fourth-order valence-electron chi connectivity index (χ4n) is 2.64. The Morgan fingerprint density at radius 3 is 1.42 bits per heavy atom. The molecule has 0 amide bonds. The Labute approximate surface area is 152 Å². The highest BCUT2D eigenvalue weighted by Gasteiger charge is 2.28. The van der Waals surface area contributed by atoms with Gasteiger partial charge < -0.3 is 19.7 Å². The molecule has 0 aliphatic carbocycles. The van der Waals surface area contributed by atoms with Crippen molar-refractivity contribution in [3.63, 3.8) is 0 Å². The zero-order valence-electron chi connectivity index (χ0n) is 15.1. The first-order valence-corrected chi connectivity index (χ1v) is 8.12. The number of ether oxygens (including phenoxy) is 2. The number of Topliss-reactive ketones (excluding diaryl/α,β-unsaturated/α-hetero) is 2. The van der Waals surface area contributed by atoms with Gasteiger partial charge in [0, 0.05) is 23.0 Å². The summed E-state index contributed by atoms with van der Waals surface area (Å²) in [5.41, 5.74) is 0.713. The Hall–Kier alpha value is -3.02. The van der Waals surface area contributed by atoms with Gasteiger partial charge in [0.1, 0.15) is 0 Å². The topological polar surface area (TPSA) is 93.1 Å². The molecule has 0 aliphatic rings. The SMILES string of the molecule is COc1cc(C(=O)[C@H](C)[C@@H](C)C(=O)c2ccc(O)c(OC)c2)ccc1O. The molecule has 0 bridgehead atoms. The molecule has 26 heavy (non-hydrogen) atoms. The summed E-state index contributed by atoms with van der Waals surface area (Å²) in [7, 11) is 2.80. The van der Waals surface area contributed by atoms with Crippen molar-refractivity contribution in [3.8, 4) is 23.0 Å². The first-order valence-electron chi connectivity index (χ1n) is 8.12. The Morgan fingerprint density at radius 2 is 1.12 bits per heavy atom. The summed E-state index contributed by atoms with van der Waals surface area (Å²) in [6.45, 7) is 3.36. The number of aromatic hydroxyl groups is 2. The van der Waals surface area contributed by atoms with E-state index in [1.807, 2.05) is 0 Å². The predicted molar refractivity (Wildman–Crippen MR) is 96.3 cm³/mol. The van der Waals surface area contributed by atoms with E-state index >= 15 is 0 Å². The fourth-order valence-corrected chi connectivity index (χ4v) is 2.64. The fraction of sp³-hybridized carbons (Fsp3) is 0.300. The molecule has 0 unspecified atom stereocenters. The molecule has 2 aromatic carbocycles. The number of benzene rings is 2. The lowest BCUT2D eigenvalue weighted by Crippen LogP contribution is -2.26. The minimum absolute atomic E-state index is 0.0583. The molecule has 2 aromatic rings. The van der Waals surface area contributed by atoms with Crippen LogP contribution in [0.4, 0.5) is 0 Å². The van der Waals surface area contributed by atoms with Gasteiger partial charge in [-0.2, -0.15) is 0 Å². The summed E-state index contributed by atoms with van der Waals surface area (Å²) in [5.74, 6) is -1.34. The van der Waals surface area contributed by atoms with Gasteiger partial charge in [0.25, 0.3) is 0 Å². The number of phenols is 2. The van der Waals surface area contributed by atoms with E-state index in [2.05, 4.69) is 0 Å². The van der Waals surface area contributed by atoms with Gasteiger partial charge in [-0.15, -0.1) is 0 Å². The predicted octanol–water partition coefficient (Wildman–Crippen LogP) is 3.45. The first-order chi connectivity index (χ1) is 12.3. The molecular weight excluding hydrogens is 336 g/mol. The minimum Gasteiger partial charge on any atom is -0.504 e. The standard InChI is InChI=1S/C20H22O6/c1-11(19(23)13-5-7-15(21)17(9-13)25-3)12(2)20(24)14-6-8-16(22)18(10-14)26-4/h5-12,21-22H,1-4H3/t11-,12-/m1/s1. The maximum Gasteiger partial charge on any atom is 0.166 e. The molecule has 138 valence electrons. The summed E-state index contributed by atoms with van der Waals surface area (Å²) >= 11 is 0. The average molecular weight is 358 g/mol.